The van der Waals surface area contributed by atoms with E-state index in [4.69, 9.17) is 26.2 Å². The van der Waals surface area contributed by atoms with Crippen molar-refractivity contribution in [2.45, 2.75) is 4.90 Å². The summed E-state index contributed by atoms with van der Waals surface area (Å²) in [5.41, 5.74) is 0.0621. The number of hydrogen-bond acceptors (Lipinski definition) is 5. The maximum absolute atomic E-state index is 14.5. The van der Waals surface area contributed by atoms with Gasteiger partial charge in [-0.1, -0.05) is 17.7 Å². The second-order valence-corrected chi connectivity index (χ2v) is 7.52. The predicted molar refractivity (Wildman–Crippen MR) is 93.5 cm³/mol. The highest BCUT2D eigenvalue weighted by Gasteiger charge is 2.30. The fourth-order valence-corrected chi connectivity index (χ4v) is 3.50. The van der Waals surface area contributed by atoms with E-state index < -0.39 is 32.5 Å². The molecular formula is C17H12ClF2NO5S. The minimum absolute atomic E-state index is 0.00776. The smallest absolute Gasteiger partial charge is 0.339 e. The van der Waals surface area contributed by atoms with Crippen LogP contribution in [0.15, 0.2) is 35.2 Å². The SMILES string of the molecule is COc1cc(C2=C(c3cc(F)c(S(N)(=O)=O)cc3F)COC2=O)ccc1Cl. The maximum atomic E-state index is 14.5. The van der Waals surface area contributed by atoms with E-state index >= 15 is 0 Å². The zero-order valence-electron chi connectivity index (χ0n) is 13.8. The van der Waals surface area contributed by atoms with Gasteiger partial charge in [0.1, 0.15) is 28.9 Å². The third kappa shape index (κ3) is 3.53. The van der Waals surface area contributed by atoms with Crippen molar-refractivity contribution >= 4 is 38.7 Å². The van der Waals surface area contributed by atoms with Crippen LogP contribution in [0.5, 0.6) is 5.75 Å². The number of sulfonamides is 1. The number of rotatable bonds is 4. The van der Waals surface area contributed by atoms with Gasteiger partial charge < -0.3 is 9.47 Å². The van der Waals surface area contributed by atoms with E-state index in [0.29, 0.717) is 22.7 Å². The quantitative estimate of drug-likeness (QED) is 0.774. The Morgan fingerprint density at radius 3 is 2.52 bits per heavy atom. The van der Waals surface area contributed by atoms with Crippen LogP contribution in [-0.4, -0.2) is 28.1 Å². The molecule has 0 saturated heterocycles. The average Bonchev–Trinajstić information content (AvgIpc) is 2.97. The molecule has 0 fully saturated rings. The molecule has 0 spiro atoms. The zero-order valence-corrected chi connectivity index (χ0v) is 15.3. The summed E-state index contributed by atoms with van der Waals surface area (Å²) in [7, 11) is -3.06. The molecule has 10 heteroatoms. The number of carbonyl (C=O) groups excluding carboxylic acids is 1. The molecule has 6 nitrogen and oxygen atoms in total. The van der Waals surface area contributed by atoms with E-state index in [1.54, 1.807) is 0 Å². The number of benzene rings is 2. The maximum Gasteiger partial charge on any atom is 0.339 e. The summed E-state index contributed by atoms with van der Waals surface area (Å²) in [5, 5.41) is 5.16. The average molecular weight is 416 g/mol. The number of ether oxygens (including phenoxy) is 2. The molecule has 2 N–H and O–H groups in total. The van der Waals surface area contributed by atoms with Gasteiger partial charge in [0.25, 0.3) is 0 Å². The van der Waals surface area contributed by atoms with Gasteiger partial charge in [-0.25, -0.2) is 27.1 Å². The molecule has 27 heavy (non-hydrogen) atoms. The Morgan fingerprint density at radius 1 is 1.19 bits per heavy atom. The summed E-state index contributed by atoms with van der Waals surface area (Å²) in [6, 6.07) is 5.57. The minimum Gasteiger partial charge on any atom is -0.495 e. The summed E-state index contributed by atoms with van der Waals surface area (Å²) in [4.78, 5) is 11.2. The first-order chi connectivity index (χ1) is 12.6. The summed E-state index contributed by atoms with van der Waals surface area (Å²) < 4.78 is 61.4. The van der Waals surface area contributed by atoms with E-state index in [0.717, 1.165) is 0 Å². The third-order valence-corrected chi connectivity index (χ3v) is 5.18. The highest BCUT2D eigenvalue weighted by molar-refractivity contribution is 7.89. The molecule has 0 amide bonds. The molecule has 1 heterocycles. The number of primary sulfonamides is 1. The Hall–Kier alpha value is -2.49. The van der Waals surface area contributed by atoms with E-state index in [-0.39, 0.29) is 29.1 Å². The number of methoxy groups -OCH3 is 1. The monoisotopic (exact) mass is 415 g/mol. The molecule has 2 aromatic rings. The largest absolute Gasteiger partial charge is 0.495 e. The molecule has 1 aliphatic heterocycles. The van der Waals surface area contributed by atoms with Crippen molar-refractivity contribution in [3.63, 3.8) is 0 Å². The van der Waals surface area contributed by atoms with Crippen LogP contribution in [0.1, 0.15) is 11.1 Å². The molecule has 0 radical (unpaired) electrons. The molecule has 0 saturated carbocycles. The number of esters is 1. The molecule has 0 unspecified atom stereocenters. The first-order valence-corrected chi connectivity index (χ1v) is 9.32. The van der Waals surface area contributed by atoms with E-state index in [9.17, 15) is 22.0 Å². The fraction of sp³-hybridized carbons (Fsp3) is 0.118. The van der Waals surface area contributed by atoms with Gasteiger partial charge in [0, 0.05) is 11.1 Å². The lowest BCUT2D eigenvalue weighted by molar-refractivity contribution is -0.133. The lowest BCUT2D eigenvalue weighted by Gasteiger charge is -2.10. The van der Waals surface area contributed by atoms with Gasteiger partial charge in [-0.15, -0.1) is 0 Å². The standard InChI is InChI=1S/C17H12ClF2NO5S/c1-25-14-4-8(2-3-11(14)18)16-10(7-26-17(16)22)9-5-13(20)15(6-12(9)19)27(21,23)24/h2-6H,7H2,1H3,(H2,21,23,24). The molecule has 2 aromatic carbocycles. The van der Waals surface area contributed by atoms with Gasteiger partial charge in [0.2, 0.25) is 10.0 Å². The predicted octanol–water partition coefficient (Wildman–Crippen LogP) is 2.74. The Labute approximate surface area is 158 Å². The highest BCUT2D eigenvalue weighted by atomic mass is 35.5. The van der Waals surface area contributed by atoms with Crippen molar-refractivity contribution in [1.29, 1.82) is 0 Å². The Morgan fingerprint density at radius 2 is 1.89 bits per heavy atom. The number of cyclic esters (lactones) is 1. The topological polar surface area (TPSA) is 95.7 Å². The highest BCUT2D eigenvalue weighted by Crippen LogP contribution is 2.37. The van der Waals surface area contributed by atoms with Crippen molar-refractivity contribution in [3.8, 4) is 5.75 Å². The third-order valence-electron chi connectivity index (χ3n) is 3.95. The number of halogens is 3. The van der Waals surface area contributed by atoms with Gasteiger partial charge in [-0.3, -0.25) is 0 Å². The Bertz CT molecular complexity index is 1100. The van der Waals surface area contributed by atoms with Gasteiger partial charge in [0.15, 0.2) is 0 Å². The summed E-state index contributed by atoms with van der Waals surface area (Å²) >= 11 is 5.96. The summed E-state index contributed by atoms with van der Waals surface area (Å²) in [6.07, 6.45) is 0. The molecule has 3 rings (SSSR count). The van der Waals surface area contributed by atoms with Crippen molar-refractivity contribution in [1.82, 2.24) is 0 Å². The summed E-state index contributed by atoms with van der Waals surface area (Å²) in [5.74, 6) is -2.78. The minimum atomic E-state index is -4.45. The van der Waals surface area contributed by atoms with E-state index in [1.165, 1.54) is 25.3 Å². The van der Waals surface area contributed by atoms with Crippen LogP contribution >= 0.6 is 11.6 Å². The van der Waals surface area contributed by atoms with Gasteiger partial charge >= 0.3 is 5.97 Å². The summed E-state index contributed by atoms with van der Waals surface area (Å²) in [6.45, 7) is -0.315. The fourth-order valence-electron chi connectivity index (χ4n) is 2.70. The Kier molecular flexibility index (Phi) is 4.94. The lowest BCUT2D eigenvalue weighted by atomic mass is 9.96. The number of hydrogen-bond donors (Lipinski definition) is 1. The molecule has 142 valence electrons. The molecular weight excluding hydrogens is 404 g/mol. The second-order valence-electron chi connectivity index (χ2n) is 5.59. The normalized spacial score (nSPS) is 14.5. The van der Waals surface area contributed by atoms with Crippen LogP contribution in [-0.2, 0) is 19.6 Å². The first kappa shape index (κ1) is 19.3. The molecule has 1 aliphatic rings. The number of carbonyl (C=O) groups is 1. The van der Waals surface area contributed by atoms with Crippen LogP contribution in [0, 0.1) is 11.6 Å². The van der Waals surface area contributed by atoms with Crippen LogP contribution < -0.4 is 9.88 Å². The van der Waals surface area contributed by atoms with Gasteiger partial charge in [-0.2, -0.15) is 0 Å². The number of nitrogens with two attached hydrogens (primary N) is 1. The van der Waals surface area contributed by atoms with Crippen molar-refractivity contribution < 1.29 is 31.5 Å². The molecule has 0 bridgehead atoms. The molecule has 0 aromatic heterocycles. The first-order valence-electron chi connectivity index (χ1n) is 7.40. The van der Waals surface area contributed by atoms with Crippen molar-refractivity contribution in [2.75, 3.05) is 13.7 Å². The second kappa shape index (κ2) is 6.91. The lowest BCUT2D eigenvalue weighted by Crippen LogP contribution is -2.15. The van der Waals surface area contributed by atoms with Crippen molar-refractivity contribution in [3.05, 3.63) is 58.1 Å². The van der Waals surface area contributed by atoms with Crippen molar-refractivity contribution in [2.24, 2.45) is 5.14 Å². The zero-order chi connectivity index (χ0) is 19.9. The van der Waals surface area contributed by atoms with Crippen LogP contribution in [0.4, 0.5) is 8.78 Å². The Balaban J connectivity index is 2.23. The van der Waals surface area contributed by atoms with E-state index in [1.807, 2.05) is 0 Å². The van der Waals surface area contributed by atoms with Gasteiger partial charge in [0.05, 0.1) is 17.7 Å². The van der Waals surface area contributed by atoms with Crippen LogP contribution in [0.2, 0.25) is 5.02 Å². The van der Waals surface area contributed by atoms with Crippen LogP contribution in [0.3, 0.4) is 0 Å². The molecule has 0 aliphatic carbocycles. The molecule has 0 atom stereocenters. The van der Waals surface area contributed by atoms with Gasteiger partial charge in [-0.05, 0) is 29.8 Å². The van der Waals surface area contributed by atoms with Crippen LogP contribution in [0.25, 0.3) is 11.1 Å². The van der Waals surface area contributed by atoms with E-state index in [2.05, 4.69) is 0 Å².